The van der Waals surface area contributed by atoms with Gasteiger partial charge in [-0.15, -0.1) is 0 Å². The highest BCUT2D eigenvalue weighted by Gasteiger charge is 2.34. The van der Waals surface area contributed by atoms with E-state index >= 15 is 0 Å². The summed E-state index contributed by atoms with van der Waals surface area (Å²) in [6.07, 6.45) is 3.22. The van der Waals surface area contributed by atoms with E-state index in [1.807, 2.05) is 0 Å². The molecule has 2 N–H and O–H groups in total. The van der Waals surface area contributed by atoms with Gasteiger partial charge in [-0.25, -0.2) is 13.2 Å². The molecule has 2 heterocycles. The van der Waals surface area contributed by atoms with E-state index in [0.717, 1.165) is 12.1 Å². The summed E-state index contributed by atoms with van der Waals surface area (Å²) >= 11 is 0. The van der Waals surface area contributed by atoms with E-state index in [1.54, 1.807) is 0 Å². The molecule has 9 heteroatoms. The Labute approximate surface area is 139 Å². The predicted octanol–water partition coefficient (Wildman–Crippen LogP) is 0.905. The smallest absolute Gasteiger partial charge is 0.371 e. The van der Waals surface area contributed by atoms with Crippen molar-refractivity contribution in [2.75, 3.05) is 19.6 Å². The van der Waals surface area contributed by atoms with E-state index in [2.05, 4.69) is 5.32 Å². The third-order valence-electron chi connectivity index (χ3n) is 4.47. The molecule has 1 aliphatic heterocycles. The van der Waals surface area contributed by atoms with E-state index in [4.69, 9.17) is 9.52 Å². The van der Waals surface area contributed by atoms with Gasteiger partial charge in [0.15, 0.2) is 0 Å². The monoisotopic (exact) mass is 356 g/mol. The van der Waals surface area contributed by atoms with Crippen molar-refractivity contribution in [2.45, 2.75) is 30.8 Å². The van der Waals surface area contributed by atoms with Gasteiger partial charge in [-0.2, -0.15) is 4.31 Å². The molecule has 24 heavy (non-hydrogen) atoms. The standard InChI is InChI=1S/C15H20N2O6S/c18-14(16-9-10-1-2-10)11-5-7-17(8-6-11)24(21,22)13-4-3-12(23-13)15(19)20/h3-4,10-11H,1-2,5-9H2,(H,16,18)(H,19,20). The lowest BCUT2D eigenvalue weighted by Gasteiger charge is -2.29. The molecule has 0 spiro atoms. The Morgan fingerprint density at radius 1 is 1.21 bits per heavy atom. The van der Waals surface area contributed by atoms with Crippen molar-refractivity contribution in [3.8, 4) is 0 Å². The molecule has 1 saturated heterocycles. The molecule has 0 aromatic carbocycles. The minimum Gasteiger partial charge on any atom is -0.475 e. The number of piperidine rings is 1. The summed E-state index contributed by atoms with van der Waals surface area (Å²) in [4.78, 5) is 22.9. The van der Waals surface area contributed by atoms with Crippen molar-refractivity contribution < 1.29 is 27.5 Å². The number of carbonyl (C=O) groups excluding carboxylic acids is 1. The fourth-order valence-corrected chi connectivity index (χ4v) is 4.15. The van der Waals surface area contributed by atoms with Gasteiger partial charge in [0.2, 0.25) is 16.8 Å². The molecule has 2 fully saturated rings. The number of nitrogens with one attached hydrogen (secondary N) is 1. The van der Waals surface area contributed by atoms with Crippen molar-refractivity contribution in [2.24, 2.45) is 11.8 Å². The molecule has 1 amide bonds. The molecule has 1 aromatic rings. The highest BCUT2D eigenvalue weighted by atomic mass is 32.2. The van der Waals surface area contributed by atoms with Crippen LogP contribution in [0.4, 0.5) is 0 Å². The first-order valence-corrected chi connectivity index (χ1v) is 9.43. The maximum Gasteiger partial charge on any atom is 0.371 e. The van der Waals surface area contributed by atoms with Crippen molar-refractivity contribution in [1.82, 2.24) is 9.62 Å². The Hall–Kier alpha value is -1.87. The van der Waals surface area contributed by atoms with Crippen molar-refractivity contribution in [1.29, 1.82) is 0 Å². The number of sulfonamides is 1. The van der Waals surface area contributed by atoms with Crippen LogP contribution in [0.1, 0.15) is 36.2 Å². The van der Waals surface area contributed by atoms with Crippen LogP contribution < -0.4 is 5.32 Å². The number of nitrogens with zero attached hydrogens (tertiary/aromatic N) is 1. The van der Waals surface area contributed by atoms with Crippen molar-refractivity contribution >= 4 is 21.9 Å². The molecule has 132 valence electrons. The van der Waals surface area contributed by atoms with Crippen LogP contribution in [0, 0.1) is 11.8 Å². The fourth-order valence-electron chi connectivity index (χ4n) is 2.77. The first-order chi connectivity index (χ1) is 11.4. The molecule has 0 unspecified atom stereocenters. The van der Waals surface area contributed by atoms with Gasteiger partial charge in [-0.05, 0) is 43.7 Å². The van der Waals surface area contributed by atoms with Crippen LogP contribution in [-0.2, 0) is 14.8 Å². The summed E-state index contributed by atoms with van der Waals surface area (Å²) in [6.45, 7) is 1.14. The third kappa shape index (κ3) is 3.62. The average Bonchev–Trinajstić information content (AvgIpc) is 3.25. The molecular formula is C15H20N2O6S. The number of rotatable bonds is 6. The number of amides is 1. The van der Waals surface area contributed by atoms with Crippen LogP contribution in [0.15, 0.2) is 21.6 Å². The van der Waals surface area contributed by atoms with Crippen LogP contribution >= 0.6 is 0 Å². The van der Waals surface area contributed by atoms with Crippen LogP contribution in [0.25, 0.3) is 0 Å². The molecule has 0 atom stereocenters. The normalized spacial score (nSPS) is 20.0. The fraction of sp³-hybridized carbons (Fsp3) is 0.600. The first kappa shape index (κ1) is 17.0. The lowest BCUT2D eigenvalue weighted by Crippen LogP contribution is -2.43. The van der Waals surface area contributed by atoms with Gasteiger partial charge in [0.05, 0.1) is 0 Å². The number of hydrogen-bond donors (Lipinski definition) is 2. The van der Waals surface area contributed by atoms with E-state index < -0.39 is 21.8 Å². The Morgan fingerprint density at radius 3 is 2.42 bits per heavy atom. The van der Waals surface area contributed by atoms with Gasteiger partial charge in [0.25, 0.3) is 10.0 Å². The second-order valence-corrected chi connectivity index (χ2v) is 8.16. The van der Waals surface area contributed by atoms with Crippen LogP contribution in [0.5, 0.6) is 0 Å². The third-order valence-corrected chi connectivity index (χ3v) is 6.25. The average molecular weight is 356 g/mol. The topological polar surface area (TPSA) is 117 Å². The molecule has 0 radical (unpaired) electrons. The summed E-state index contributed by atoms with van der Waals surface area (Å²) in [6, 6.07) is 2.26. The van der Waals surface area contributed by atoms with Gasteiger partial charge in [0.1, 0.15) is 0 Å². The Morgan fingerprint density at radius 2 is 1.88 bits per heavy atom. The number of furan rings is 1. The molecule has 1 aromatic heterocycles. The minimum atomic E-state index is -3.87. The van der Waals surface area contributed by atoms with Crippen molar-refractivity contribution in [3.63, 3.8) is 0 Å². The highest BCUT2D eigenvalue weighted by molar-refractivity contribution is 7.89. The van der Waals surface area contributed by atoms with Gasteiger partial charge < -0.3 is 14.8 Å². The van der Waals surface area contributed by atoms with Gasteiger partial charge in [-0.3, -0.25) is 4.79 Å². The lowest BCUT2D eigenvalue weighted by atomic mass is 9.97. The second-order valence-electron chi connectivity index (χ2n) is 6.29. The zero-order chi connectivity index (χ0) is 17.3. The van der Waals surface area contributed by atoms with E-state index in [9.17, 15) is 18.0 Å². The molecule has 3 rings (SSSR count). The van der Waals surface area contributed by atoms with E-state index in [-0.39, 0.29) is 30.0 Å². The Bertz CT molecular complexity index is 729. The summed E-state index contributed by atoms with van der Waals surface area (Å²) in [5.74, 6) is -1.31. The maximum absolute atomic E-state index is 12.5. The lowest BCUT2D eigenvalue weighted by molar-refractivity contribution is -0.126. The Balaban J connectivity index is 1.58. The Kier molecular flexibility index (Phi) is 4.64. The summed E-state index contributed by atoms with van der Waals surface area (Å²) in [5.41, 5.74) is 0. The largest absolute Gasteiger partial charge is 0.475 e. The molecular weight excluding hydrogens is 336 g/mol. The molecule has 0 bridgehead atoms. The zero-order valence-corrected chi connectivity index (χ0v) is 13.9. The summed E-state index contributed by atoms with van der Waals surface area (Å²) in [7, 11) is -3.87. The first-order valence-electron chi connectivity index (χ1n) is 7.99. The van der Waals surface area contributed by atoms with Crippen molar-refractivity contribution in [3.05, 3.63) is 17.9 Å². The summed E-state index contributed by atoms with van der Waals surface area (Å²) in [5, 5.41) is 11.4. The van der Waals surface area contributed by atoms with Gasteiger partial charge >= 0.3 is 5.97 Å². The molecule has 1 saturated carbocycles. The van der Waals surface area contributed by atoms with Gasteiger partial charge in [0, 0.05) is 25.6 Å². The molecule has 1 aliphatic carbocycles. The number of hydrogen-bond acceptors (Lipinski definition) is 5. The number of aromatic carboxylic acids is 1. The predicted molar refractivity (Wildman–Crippen MR) is 82.9 cm³/mol. The van der Waals surface area contributed by atoms with E-state index in [0.29, 0.717) is 25.3 Å². The SMILES string of the molecule is O=C(O)c1ccc(S(=O)(=O)N2CCC(C(=O)NCC3CC3)CC2)o1. The number of carboxylic acid groups (broad SMARTS) is 1. The van der Waals surface area contributed by atoms with Crippen LogP contribution in [0.2, 0.25) is 0 Å². The zero-order valence-electron chi connectivity index (χ0n) is 13.1. The highest BCUT2D eigenvalue weighted by Crippen LogP contribution is 2.28. The number of carboxylic acids is 1. The van der Waals surface area contributed by atoms with E-state index in [1.165, 1.54) is 17.1 Å². The number of carbonyl (C=O) groups is 2. The van der Waals surface area contributed by atoms with Crippen LogP contribution in [-0.4, -0.2) is 49.3 Å². The summed E-state index contributed by atoms with van der Waals surface area (Å²) < 4.78 is 31.1. The van der Waals surface area contributed by atoms with Crippen LogP contribution in [0.3, 0.4) is 0 Å². The molecule has 2 aliphatic rings. The quantitative estimate of drug-likeness (QED) is 0.782. The second kappa shape index (κ2) is 6.56. The minimum absolute atomic E-state index is 0.00916. The maximum atomic E-state index is 12.5. The molecule has 8 nitrogen and oxygen atoms in total. The van der Waals surface area contributed by atoms with Gasteiger partial charge in [-0.1, -0.05) is 0 Å².